The first kappa shape index (κ1) is 15.0. The quantitative estimate of drug-likeness (QED) is 0.844. The van der Waals surface area contributed by atoms with E-state index >= 15 is 0 Å². The molecule has 18 heavy (non-hydrogen) atoms. The molecule has 2 atom stereocenters. The second-order valence-electron chi connectivity index (χ2n) is 4.80. The monoisotopic (exact) mass is 251 g/mol. The highest BCUT2D eigenvalue weighted by Crippen LogP contribution is 2.33. The average molecular weight is 251 g/mol. The molecule has 0 fully saturated rings. The first-order chi connectivity index (χ1) is 8.48. The average Bonchev–Trinajstić information content (AvgIpc) is 2.37. The molecule has 2 N–H and O–H groups in total. The van der Waals surface area contributed by atoms with E-state index in [4.69, 9.17) is 15.2 Å². The summed E-state index contributed by atoms with van der Waals surface area (Å²) < 4.78 is 11.1. The summed E-state index contributed by atoms with van der Waals surface area (Å²) >= 11 is 0. The zero-order valence-electron chi connectivity index (χ0n) is 12.1. The van der Waals surface area contributed by atoms with Gasteiger partial charge in [0.2, 0.25) is 0 Å². The second-order valence-corrected chi connectivity index (χ2v) is 4.80. The summed E-state index contributed by atoms with van der Waals surface area (Å²) in [5, 5.41) is 0. The van der Waals surface area contributed by atoms with Crippen molar-refractivity contribution in [1.29, 1.82) is 0 Å². The SMILES string of the molecule is CCOC(C)(CC)C(N)c1ccc(OC)cc1C. The molecular formula is C15H25NO2. The number of methoxy groups -OCH3 is 1. The molecule has 0 aliphatic rings. The van der Waals surface area contributed by atoms with Crippen LogP contribution in [-0.4, -0.2) is 19.3 Å². The molecule has 1 aromatic carbocycles. The van der Waals surface area contributed by atoms with E-state index in [0.29, 0.717) is 6.61 Å². The summed E-state index contributed by atoms with van der Waals surface area (Å²) in [6, 6.07) is 5.86. The van der Waals surface area contributed by atoms with E-state index in [9.17, 15) is 0 Å². The molecule has 0 saturated carbocycles. The van der Waals surface area contributed by atoms with E-state index in [1.165, 1.54) is 0 Å². The third-order valence-electron chi connectivity index (χ3n) is 3.65. The van der Waals surface area contributed by atoms with Crippen molar-refractivity contribution in [3.8, 4) is 5.75 Å². The third kappa shape index (κ3) is 3.03. The minimum Gasteiger partial charge on any atom is -0.497 e. The molecule has 102 valence electrons. The Balaban J connectivity index is 3.05. The molecule has 0 aliphatic carbocycles. The van der Waals surface area contributed by atoms with Crippen LogP contribution in [0.1, 0.15) is 44.4 Å². The van der Waals surface area contributed by atoms with Crippen LogP contribution in [0.2, 0.25) is 0 Å². The van der Waals surface area contributed by atoms with Gasteiger partial charge in [0.05, 0.1) is 18.8 Å². The van der Waals surface area contributed by atoms with Gasteiger partial charge in [-0.05, 0) is 50.5 Å². The lowest BCUT2D eigenvalue weighted by atomic mass is 9.86. The van der Waals surface area contributed by atoms with Crippen LogP contribution < -0.4 is 10.5 Å². The van der Waals surface area contributed by atoms with E-state index in [0.717, 1.165) is 23.3 Å². The lowest BCUT2D eigenvalue weighted by molar-refractivity contribution is -0.0473. The van der Waals surface area contributed by atoms with Crippen molar-refractivity contribution in [3.63, 3.8) is 0 Å². The van der Waals surface area contributed by atoms with E-state index in [1.54, 1.807) is 7.11 Å². The zero-order chi connectivity index (χ0) is 13.8. The van der Waals surface area contributed by atoms with E-state index in [1.807, 2.05) is 25.1 Å². The van der Waals surface area contributed by atoms with Gasteiger partial charge in [-0.25, -0.2) is 0 Å². The van der Waals surface area contributed by atoms with E-state index in [2.05, 4.69) is 20.8 Å². The van der Waals surface area contributed by atoms with Crippen LogP contribution in [0.4, 0.5) is 0 Å². The molecule has 0 amide bonds. The van der Waals surface area contributed by atoms with Crippen molar-refractivity contribution >= 4 is 0 Å². The van der Waals surface area contributed by atoms with Gasteiger partial charge in [0.15, 0.2) is 0 Å². The molecule has 0 spiro atoms. The number of rotatable bonds is 6. The molecule has 0 heterocycles. The Kier molecular flexibility index (Phi) is 5.17. The van der Waals surface area contributed by atoms with Crippen molar-refractivity contribution in [2.75, 3.05) is 13.7 Å². The van der Waals surface area contributed by atoms with E-state index in [-0.39, 0.29) is 11.6 Å². The number of benzene rings is 1. The molecule has 0 aromatic heterocycles. The molecule has 3 nitrogen and oxygen atoms in total. The standard InChI is InChI=1S/C15H25NO2/c1-6-15(4,18-7-2)14(16)13-9-8-12(17-5)10-11(13)3/h8-10,14H,6-7,16H2,1-5H3. The minimum absolute atomic E-state index is 0.131. The van der Waals surface area contributed by atoms with Crippen LogP contribution in [0.5, 0.6) is 5.75 Å². The zero-order valence-corrected chi connectivity index (χ0v) is 12.1. The molecule has 0 aliphatic heterocycles. The van der Waals surface area contributed by atoms with Crippen LogP contribution in [0.3, 0.4) is 0 Å². The summed E-state index contributed by atoms with van der Waals surface area (Å²) in [4.78, 5) is 0. The summed E-state index contributed by atoms with van der Waals surface area (Å²) in [6.45, 7) is 8.91. The molecule has 0 saturated heterocycles. The number of hydrogen-bond acceptors (Lipinski definition) is 3. The highest BCUT2D eigenvalue weighted by Gasteiger charge is 2.32. The maximum atomic E-state index is 6.40. The van der Waals surface area contributed by atoms with Gasteiger partial charge in [0.1, 0.15) is 5.75 Å². The van der Waals surface area contributed by atoms with Crippen molar-refractivity contribution < 1.29 is 9.47 Å². The lowest BCUT2D eigenvalue weighted by Gasteiger charge is -2.35. The van der Waals surface area contributed by atoms with Gasteiger partial charge in [-0.15, -0.1) is 0 Å². The maximum absolute atomic E-state index is 6.40. The topological polar surface area (TPSA) is 44.5 Å². The summed E-state index contributed by atoms with van der Waals surface area (Å²) in [5.74, 6) is 0.859. The van der Waals surface area contributed by atoms with Crippen LogP contribution >= 0.6 is 0 Å². The first-order valence-corrected chi connectivity index (χ1v) is 6.52. The predicted octanol–water partition coefficient (Wildman–Crippen LogP) is 3.21. The molecule has 0 radical (unpaired) electrons. The smallest absolute Gasteiger partial charge is 0.119 e. The van der Waals surface area contributed by atoms with Crippen LogP contribution in [0.15, 0.2) is 18.2 Å². The molecular weight excluding hydrogens is 226 g/mol. The molecule has 1 rings (SSSR count). The van der Waals surface area contributed by atoms with Gasteiger partial charge in [0.25, 0.3) is 0 Å². The Bertz CT molecular complexity index is 392. The Morgan fingerprint density at radius 2 is 2.00 bits per heavy atom. The van der Waals surface area contributed by atoms with Gasteiger partial charge in [-0.3, -0.25) is 0 Å². The van der Waals surface area contributed by atoms with Crippen molar-refractivity contribution in [2.24, 2.45) is 5.73 Å². The van der Waals surface area contributed by atoms with Gasteiger partial charge < -0.3 is 15.2 Å². The first-order valence-electron chi connectivity index (χ1n) is 6.52. The fourth-order valence-electron chi connectivity index (χ4n) is 2.19. The maximum Gasteiger partial charge on any atom is 0.119 e. The van der Waals surface area contributed by atoms with Crippen molar-refractivity contribution in [2.45, 2.75) is 45.8 Å². The fourth-order valence-corrected chi connectivity index (χ4v) is 2.19. The summed E-state index contributed by atoms with van der Waals surface area (Å²) in [6.07, 6.45) is 0.882. The summed E-state index contributed by atoms with van der Waals surface area (Å²) in [5.41, 5.74) is 8.33. The molecule has 1 aromatic rings. The Hall–Kier alpha value is -1.06. The van der Waals surface area contributed by atoms with Gasteiger partial charge in [0, 0.05) is 6.61 Å². The minimum atomic E-state index is -0.325. The van der Waals surface area contributed by atoms with Gasteiger partial charge in [-0.1, -0.05) is 13.0 Å². The Labute approximate surface area is 110 Å². The van der Waals surface area contributed by atoms with Crippen molar-refractivity contribution in [3.05, 3.63) is 29.3 Å². The van der Waals surface area contributed by atoms with E-state index < -0.39 is 0 Å². The number of aryl methyl sites for hydroxylation is 1. The van der Waals surface area contributed by atoms with Crippen molar-refractivity contribution in [1.82, 2.24) is 0 Å². The third-order valence-corrected chi connectivity index (χ3v) is 3.65. The van der Waals surface area contributed by atoms with Gasteiger partial charge in [-0.2, -0.15) is 0 Å². The highest BCUT2D eigenvalue weighted by molar-refractivity contribution is 5.37. The molecule has 2 unspecified atom stereocenters. The van der Waals surface area contributed by atoms with Crippen LogP contribution in [0, 0.1) is 6.92 Å². The normalized spacial score (nSPS) is 16.1. The second kappa shape index (κ2) is 6.21. The number of hydrogen-bond donors (Lipinski definition) is 1. The van der Waals surface area contributed by atoms with Crippen LogP contribution in [0.25, 0.3) is 0 Å². The molecule has 3 heteroatoms. The largest absolute Gasteiger partial charge is 0.497 e. The Morgan fingerprint density at radius 1 is 1.33 bits per heavy atom. The Morgan fingerprint density at radius 3 is 2.44 bits per heavy atom. The van der Waals surface area contributed by atoms with Gasteiger partial charge >= 0.3 is 0 Å². The highest BCUT2D eigenvalue weighted by atomic mass is 16.5. The lowest BCUT2D eigenvalue weighted by Crippen LogP contribution is -2.41. The predicted molar refractivity (Wildman–Crippen MR) is 75.0 cm³/mol. The number of nitrogens with two attached hydrogens (primary N) is 1. The molecule has 0 bridgehead atoms. The fraction of sp³-hybridized carbons (Fsp3) is 0.600. The number of ether oxygens (including phenoxy) is 2. The summed E-state index contributed by atoms with van der Waals surface area (Å²) in [7, 11) is 1.67. The van der Waals surface area contributed by atoms with Crippen LogP contribution in [-0.2, 0) is 4.74 Å².